The minimum atomic E-state index is -3.66. The predicted molar refractivity (Wildman–Crippen MR) is 128 cm³/mol. The molecule has 0 saturated carbocycles. The van der Waals surface area contributed by atoms with Crippen molar-refractivity contribution in [1.82, 2.24) is 14.6 Å². The van der Waals surface area contributed by atoms with Crippen LogP contribution in [0.25, 0.3) is 0 Å². The van der Waals surface area contributed by atoms with E-state index in [1.54, 1.807) is 37.7 Å². The molecule has 0 bridgehead atoms. The third kappa shape index (κ3) is 6.93. The number of methoxy groups -OCH3 is 1. The monoisotopic (exact) mass is 469 g/mol. The standard InChI is InChI=1S/C23H27N5O4S/c1-28(15-14-25-19-5-9-21(32-2)10-6-19)33(30,31)22-11-7-20(8-12-22)27-23(29)26-17-18-4-3-13-24-16-18/h3-13,16,25H,14-15,17H2,1-2H3,(H2,26,27,29). The van der Waals surface area contributed by atoms with E-state index in [-0.39, 0.29) is 11.4 Å². The lowest BCUT2D eigenvalue weighted by atomic mass is 10.3. The quantitative estimate of drug-likeness (QED) is 0.421. The van der Waals surface area contributed by atoms with Crippen molar-refractivity contribution in [3.8, 4) is 5.75 Å². The summed E-state index contributed by atoms with van der Waals surface area (Å²) in [4.78, 5) is 16.2. The molecule has 9 nitrogen and oxygen atoms in total. The average molecular weight is 470 g/mol. The molecule has 0 saturated heterocycles. The summed E-state index contributed by atoms with van der Waals surface area (Å²) in [5.41, 5.74) is 2.24. The molecule has 0 aliphatic carbocycles. The minimum Gasteiger partial charge on any atom is -0.497 e. The van der Waals surface area contributed by atoms with Gasteiger partial charge >= 0.3 is 6.03 Å². The van der Waals surface area contributed by atoms with Gasteiger partial charge in [-0.05, 0) is 60.2 Å². The van der Waals surface area contributed by atoms with E-state index >= 15 is 0 Å². The first-order chi connectivity index (χ1) is 15.9. The molecule has 0 radical (unpaired) electrons. The molecule has 0 spiro atoms. The summed E-state index contributed by atoms with van der Waals surface area (Å²) in [6, 6.07) is 16.7. The van der Waals surface area contributed by atoms with Crippen molar-refractivity contribution in [1.29, 1.82) is 0 Å². The lowest BCUT2D eigenvalue weighted by Gasteiger charge is -2.18. The zero-order valence-corrected chi connectivity index (χ0v) is 19.3. The van der Waals surface area contributed by atoms with Crippen molar-refractivity contribution in [3.63, 3.8) is 0 Å². The van der Waals surface area contributed by atoms with Crippen molar-refractivity contribution in [2.45, 2.75) is 11.4 Å². The number of pyridine rings is 1. The number of carbonyl (C=O) groups excluding carboxylic acids is 1. The van der Waals surface area contributed by atoms with Crippen LogP contribution in [0.5, 0.6) is 5.75 Å². The van der Waals surface area contributed by atoms with Crippen LogP contribution < -0.4 is 20.7 Å². The first-order valence-electron chi connectivity index (χ1n) is 10.3. The van der Waals surface area contributed by atoms with E-state index in [0.29, 0.717) is 18.8 Å². The van der Waals surface area contributed by atoms with Crippen LogP contribution in [-0.4, -0.2) is 51.0 Å². The highest BCUT2D eigenvalue weighted by molar-refractivity contribution is 7.89. The van der Waals surface area contributed by atoms with Crippen LogP contribution in [0.15, 0.2) is 78.0 Å². The van der Waals surface area contributed by atoms with Crippen LogP contribution in [0.3, 0.4) is 0 Å². The van der Waals surface area contributed by atoms with Gasteiger partial charge in [0.25, 0.3) is 0 Å². The Hall–Kier alpha value is -3.63. The van der Waals surface area contributed by atoms with E-state index in [9.17, 15) is 13.2 Å². The average Bonchev–Trinajstić information content (AvgIpc) is 2.84. The number of aromatic nitrogens is 1. The van der Waals surface area contributed by atoms with E-state index < -0.39 is 16.1 Å². The van der Waals surface area contributed by atoms with Gasteiger partial charge in [0.1, 0.15) is 5.75 Å². The van der Waals surface area contributed by atoms with Gasteiger partial charge < -0.3 is 20.7 Å². The largest absolute Gasteiger partial charge is 0.497 e. The number of likely N-dealkylation sites (N-methyl/N-ethyl adjacent to an activating group) is 1. The fourth-order valence-corrected chi connectivity index (χ4v) is 4.11. The Kier molecular flexibility index (Phi) is 8.22. The topological polar surface area (TPSA) is 113 Å². The highest BCUT2D eigenvalue weighted by atomic mass is 32.2. The van der Waals surface area contributed by atoms with Gasteiger partial charge in [-0.2, -0.15) is 4.31 Å². The third-order valence-electron chi connectivity index (χ3n) is 4.84. The number of benzene rings is 2. The van der Waals surface area contributed by atoms with Crippen molar-refractivity contribution in [2.75, 3.05) is 37.9 Å². The Balaban J connectivity index is 1.49. The SMILES string of the molecule is COc1ccc(NCCN(C)S(=O)(=O)c2ccc(NC(=O)NCc3cccnc3)cc2)cc1. The molecule has 33 heavy (non-hydrogen) atoms. The zero-order chi connectivity index (χ0) is 23.7. The van der Waals surface area contributed by atoms with Crippen molar-refractivity contribution < 1.29 is 17.9 Å². The van der Waals surface area contributed by atoms with Crippen LogP contribution in [-0.2, 0) is 16.6 Å². The highest BCUT2D eigenvalue weighted by Crippen LogP contribution is 2.18. The number of hydrogen-bond donors (Lipinski definition) is 3. The summed E-state index contributed by atoms with van der Waals surface area (Å²) >= 11 is 0. The summed E-state index contributed by atoms with van der Waals surface area (Å²) in [6.45, 7) is 1.06. The van der Waals surface area contributed by atoms with Crippen LogP contribution >= 0.6 is 0 Å². The Labute approximate surface area is 193 Å². The lowest BCUT2D eigenvalue weighted by Crippen LogP contribution is -2.31. The normalized spacial score (nSPS) is 11.1. The van der Waals surface area contributed by atoms with E-state index in [4.69, 9.17) is 4.74 Å². The van der Waals surface area contributed by atoms with Gasteiger partial charge in [0, 0.05) is 50.5 Å². The first-order valence-corrected chi connectivity index (χ1v) is 11.7. The number of nitrogens with zero attached hydrogens (tertiary/aromatic N) is 2. The maximum absolute atomic E-state index is 12.8. The first kappa shape index (κ1) is 24.0. The number of rotatable bonds is 10. The fourth-order valence-electron chi connectivity index (χ4n) is 2.94. The van der Waals surface area contributed by atoms with Crippen molar-refractivity contribution in [3.05, 3.63) is 78.6 Å². The summed E-state index contributed by atoms with van der Waals surface area (Å²) < 4.78 is 32.1. The molecule has 1 heterocycles. The lowest BCUT2D eigenvalue weighted by molar-refractivity contribution is 0.251. The van der Waals surface area contributed by atoms with Crippen molar-refractivity contribution >= 4 is 27.4 Å². The van der Waals surface area contributed by atoms with Gasteiger partial charge in [-0.15, -0.1) is 0 Å². The third-order valence-corrected chi connectivity index (χ3v) is 6.71. The molecule has 0 aliphatic rings. The highest BCUT2D eigenvalue weighted by Gasteiger charge is 2.20. The molecule has 1 aromatic heterocycles. The maximum atomic E-state index is 12.8. The summed E-state index contributed by atoms with van der Waals surface area (Å²) in [5.74, 6) is 0.754. The number of nitrogens with one attached hydrogen (secondary N) is 3. The van der Waals surface area contributed by atoms with Gasteiger partial charge in [-0.3, -0.25) is 4.98 Å². The molecule has 0 aliphatic heterocycles. The van der Waals surface area contributed by atoms with Crippen molar-refractivity contribution in [2.24, 2.45) is 0 Å². The number of hydrogen-bond acceptors (Lipinski definition) is 6. The molecule has 2 aromatic carbocycles. The number of carbonyl (C=O) groups is 1. The van der Waals surface area contributed by atoms with E-state index in [1.165, 1.54) is 23.5 Å². The number of sulfonamides is 1. The molecular weight excluding hydrogens is 442 g/mol. The van der Waals surface area contributed by atoms with Gasteiger partial charge in [0.2, 0.25) is 10.0 Å². The molecule has 174 valence electrons. The second kappa shape index (κ2) is 11.3. The molecule has 3 rings (SSSR count). The van der Waals surface area contributed by atoms with Crippen LogP contribution in [0, 0.1) is 0 Å². The maximum Gasteiger partial charge on any atom is 0.319 e. The molecule has 0 unspecified atom stereocenters. The second-order valence-electron chi connectivity index (χ2n) is 7.18. The van der Waals surface area contributed by atoms with Crippen LogP contribution in [0.2, 0.25) is 0 Å². The molecule has 10 heteroatoms. The number of anilines is 2. The van der Waals surface area contributed by atoms with Gasteiger partial charge in [-0.25, -0.2) is 13.2 Å². The zero-order valence-electron chi connectivity index (χ0n) is 18.5. The minimum absolute atomic E-state index is 0.149. The number of amides is 2. The van der Waals surface area contributed by atoms with E-state index in [2.05, 4.69) is 20.9 Å². The Morgan fingerprint density at radius 2 is 1.73 bits per heavy atom. The summed E-state index contributed by atoms with van der Waals surface area (Å²) in [6.07, 6.45) is 3.33. The Bertz CT molecular complexity index is 1140. The number of ether oxygens (including phenoxy) is 1. The molecule has 2 amide bonds. The van der Waals surface area contributed by atoms with Crippen LogP contribution in [0.1, 0.15) is 5.56 Å². The molecule has 3 N–H and O–H groups in total. The van der Waals surface area contributed by atoms with Crippen LogP contribution in [0.4, 0.5) is 16.2 Å². The van der Waals surface area contributed by atoms with E-state index in [1.807, 2.05) is 30.3 Å². The molecular formula is C23H27N5O4S. The van der Waals surface area contributed by atoms with Gasteiger partial charge in [0.05, 0.1) is 12.0 Å². The summed E-state index contributed by atoms with van der Waals surface area (Å²) in [7, 11) is -0.526. The van der Waals surface area contributed by atoms with E-state index in [0.717, 1.165) is 17.0 Å². The Morgan fingerprint density at radius 3 is 2.36 bits per heavy atom. The van der Waals surface area contributed by atoms with Gasteiger partial charge in [0.15, 0.2) is 0 Å². The van der Waals surface area contributed by atoms with Gasteiger partial charge in [-0.1, -0.05) is 6.07 Å². The summed E-state index contributed by atoms with van der Waals surface area (Å²) in [5, 5.41) is 8.59. The Morgan fingerprint density at radius 1 is 1.03 bits per heavy atom. The molecule has 3 aromatic rings. The number of urea groups is 1. The predicted octanol–water partition coefficient (Wildman–Crippen LogP) is 3.14. The smallest absolute Gasteiger partial charge is 0.319 e. The molecule has 0 fully saturated rings. The molecule has 0 atom stereocenters. The second-order valence-corrected chi connectivity index (χ2v) is 9.22. The fraction of sp³-hybridized carbons (Fsp3) is 0.217.